The minimum absolute atomic E-state index is 0. The molecule has 0 atom stereocenters. The van der Waals surface area contributed by atoms with E-state index in [0.29, 0.717) is 9.79 Å². The summed E-state index contributed by atoms with van der Waals surface area (Å²) in [5.74, 6) is 0. The third-order valence-corrected chi connectivity index (χ3v) is 11.4. The van der Waals surface area contributed by atoms with Crippen LogP contribution in [0.5, 0.6) is 0 Å². The van der Waals surface area contributed by atoms with Crippen molar-refractivity contribution in [2.24, 2.45) is 0 Å². The summed E-state index contributed by atoms with van der Waals surface area (Å²) in [6.07, 6.45) is 31.4. The van der Waals surface area contributed by atoms with Gasteiger partial charge in [-0.3, -0.25) is 0 Å². The van der Waals surface area contributed by atoms with Crippen LogP contribution in [-0.4, -0.2) is 0 Å². The van der Waals surface area contributed by atoms with Gasteiger partial charge >= 0.3 is 58.4 Å². The van der Waals surface area contributed by atoms with E-state index in [4.69, 9.17) is 0 Å². The van der Waals surface area contributed by atoms with Gasteiger partial charge in [0.15, 0.2) is 0 Å². The van der Waals surface area contributed by atoms with Crippen molar-refractivity contribution < 1.29 is 78.0 Å². The van der Waals surface area contributed by atoms with Crippen LogP contribution >= 0.6 is 11.4 Å². The van der Waals surface area contributed by atoms with Gasteiger partial charge in [-0.1, -0.05) is 97.2 Å². The SMILES string of the molecule is CC=Cc1cc([S+]=P([O-])([O-])[S-])c(C=CC)c(C=CC)c1C=CC.CC=Cc1cc([S+]=P([O-])([O-])[S-])c(C=CC)c(C=CC)c1C=CC.[Zn+2].[Zn+2].[Zn+2]. The van der Waals surface area contributed by atoms with Crippen LogP contribution in [0.15, 0.2) is 70.5 Å². The second kappa shape index (κ2) is 27.6. The molecule has 2 rings (SSSR count). The molecule has 0 aliphatic carbocycles. The Morgan fingerprint density at radius 1 is 0.408 bits per heavy atom. The van der Waals surface area contributed by atoms with Gasteiger partial charge in [0.1, 0.15) is 21.9 Å². The summed E-state index contributed by atoms with van der Waals surface area (Å²) >= 11 is 9.20. The second-order valence-electron chi connectivity index (χ2n) is 9.49. The van der Waals surface area contributed by atoms with E-state index in [0.717, 1.165) is 66.4 Å². The van der Waals surface area contributed by atoms with Crippen molar-refractivity contribution in [3.05, 3.63) is 105 Å². The second-order valence-corrected chi connectivity index (χ2v) is 20.8. The number of benzene rings is 2. The number of hydrogen-bond donors (Lipinski definition) is 0. The summed E-state index contributed by atoms with van der Waals surface area (Å²) in [7, 11) is 1.49. The fraction of sp³-hybridized carbons (Fsp3) is 0.222. The Balaban J connectivity index is -0.000000814. The van der Waals surface area contributed by atoms with Gasteiger partial charge in [0.05, 0.1) is 0 Å². The molecule has 4 nitrogen and oxygen atoms in total. The fourth-order valence-electron chi connectivity index (χ4n) is 4.56. The van der Waals surface area contributed by atoms with Crippen LogP contribution in [0.1, 0.15) is 99.9 Å². The monoisotopic (exact) mass is 920 g/mol. The maximum atomic E-state index is 11.6. The Morgan fingerprint density at radius 3 is 0.857 bits per heavy atom. The molecule has 0 N–H and O–H groups in total. The summed E-state index contributed by atoms with van der Waals surface area (Å²) in [5.41, 5.74) is -0.00155. The average Bonchev–Trinajstić information content (AvgIpc) is 2.95. The van der Waals surface area contributed by atoms with Gasteiger partial charge in [0.25, 0.3) is 0 Å². The Kier molecular flexibility index (Phi) is 30.1. The normalized spacial score (nSPS) is 12.4. The molecule has 0 saturated carbocycles. The van der Waals surface area contributed by atoms with Crippen molar-refractivity contribution in [2.75, 3.05) is 0 Å². The van der Waals surface area contributed by atoms with E-state index in [2.05, 4.69) is 24.5 Å². The predicted octanol–water partition coefficient (Wildman–Crippen LogP) is 8.40. The average molecular weight is 925 g/mol. The summed E-state index contributed by atoms with van der Waals surface area (Å²) < 4.78 is 0. The zero-order valence-electron chi connectivity index (χ0n) is 29.7. The van der Waals surface area contributed by atoms with Crippen LogP contribution in [-0.2, 0) is 105 Å². The summed E-state index contributed by atoms with van der Waals surface area (Å²) in [6.45, 7) is 15.5. The predicted molar refractivity (Wildman–Crippen MR) is 210 cm³/mol. The largest absolute Gasteiger partial charge is 2.00 e. The first kappa shape index (κ1) is 53.4. The molecule has 2 aromatic rings. The van der Waals surface area contributed by atoms with E-state index >= 15 is 0 Å². The summed E-state index contributed by atoms with van der Waals surface area (Å²) in [6, 6.07) is 3.78. The molecular formula is C36H42O4P2S4Zn3+2. The third kappa shape index (κ3) is 18.6. The van der Waals surface area contributed by atoms with Gasteiger partial charge < -0.3 is 44.1 Å². The maximum absolute atomic E-state index is 11.6. The van der Waals surface area contributed by atoms with Crippen molar-refractivity contribution in [1.82, 2.24) is 0 Å². The zero-order valence-corrected chi connectivity index (χ0v) is 43.6. The molecule has 0 saturated heterocycles. The minimum Gasteiger partial charge on any atom is -0.815 e. The smallest absolute Gasteiger partial charge is 0.815 e. The molecule has 0 heterocycles. The molecule has 0 aliphatic rings. The minimum atomic E-state index is -3.90. The quantitative estimate of drug-likeness (QED) is 0.103. The van der Waals surface area contributed by atoms with Gasteiger partial charge in [-0.15, -0.1) is 11.4 Å². The van der Waals surface area contributed by atoms with Crippen LogP contribution < -0.4 is 19.6 Å². The van der Waals surface area contributed by atoms with E-state index in [1.807, 2.05) is 165 Å². The number of allylic oxidation sites excluding steroid dienone is 8. The molecule has 0 unspecified atom stereocenters. The molecule has 0 aromatic heterocycles. The van der Waals surface area contributed by atoms with E-state index in [-0.39, 0.29) is 58.4 Å². The molecule has 0 bridgehead atoms. The third-order valence-electron chi connectivity index (χ3n) is 6.00. The molecular weight excluding hydrogens is 883 g/mol. The van der Waals surface area contributed by atoms with Gasteiger partial charge in [0, 0.05) is 23.3 Å². The topological polar surface area (TPSA) is 92.2 Å². The van der Waals surface area contributed by atoms with E-state index in [1.165, 1.54) is 0 Å². The van der Waals surface area contributed by atoms with Crippen molar-refractivity contribution >= 4 is 106 Å². The van der Waals surface area contributed by atoms with E-state index in [1.54, 1.807) is 0 Å². The van der Waals surface area contributed by atoms with Crippen molar-refractivity contribution in [3.63, 3.8) is 0 Å². The Labute approximate surface area is 351 Å². The number of hydrogen-bond acceptors (Lipinski definition) is 6. The first-order chi connectivity index (χ1) is 21.7. The van der Waals surface area contributed by atoms with Crippen LogP contribution in [0.2, 0.25) is 0 Å². The standard InChI is InChI=1S/2C18H21O2PS2.3Zn/c2*1-5-9-14-13-18(23-21(19,20)22)17(12-8-4)16(11-7-3)15(14)10-6-2;;;/h2*5-13H,1-4H3;;;/q2*-2;3*+2. The van der Waals surface area contributed by atoms with Crippen LogP contribution in [0, 0.1) is 0 Å². The van der Waals surface area contributed by atoms with Crippen molar-refractivity contribution in [2.45, 2.75) is 65.2 Å². The number of rotatable bonds is 10. The molecule has 0 amide bonds. The van der Waals surface area contributed by atoms with Crippen molar-refractivity contribution in [3.8, 4) is 0 Å². The molecule has 13 heteroatoms. The van der Waals surface area contributed by atoms with E-state index in [9.17, 15) is 19.6 Å². The fourth-order valence-corrected chi connectivity index (χ4v) is 9.75. The van der Waals surface area contributed by atoms with E-state index < -0.39 is 11.4 Å². The Bertz CT molecular complexity index is 1570. The van der Waals surface area contributed by atoms with Gasteiger partial charge in [-0.05, 0) is 88.8 Å². The summed E-state index contributed by atoms with van der Waals surface area (Å²) in [5, 5.41) is 0. The first-order valence-corrected chi connectivity index (χ1v) is 22.7. The summed E-state index contributed by atoms with van der Waals surface area (Å²) in [4.78, 5) is 47.9. The first-order valence-electron chi connectivity index (χ1n) is 14.6. The van der Waals surface area contributed by atoms with Crippen LogP contribution in [0.25, 0.3) is 48.6 Å². The van der Waals surface area contributed by atoms with Crippen LogP contribution in [0.3, 0.4) is 0 Å². The Hall–Kier alpha value is 0.0701. The molecule has 0 fully saturated rings. The van der Waals surface area contributed by atoms with Crippen molar-refractivity contribution in [1.29, 1.82) is 0 Å². The molecule has 0 radical (unpaired) electrons. The molecule has 248 valence electrons. The zero-order chi connectivity index (χ0) is 34.9. The van der Waals surface area contributed by atoms with Crippen LogP contribution in [0.4, 0.5) is 0 Å². The van der Waals surface area contributed by atoms with Gasteiger partial charge in [0.2, 0.25) is 9.79 Å². The Morgan fingerprint density at radius 2 is 0.633 bits per heavy atom. The van der Waals surface area contributed by atoms with Gasteiger partial charge in [-0.25, -0.2) is 0 Å². The molecule has 49 heavy (non-hydrogen) atoms. The molecule has 0 spiro atoms. The maximum Gasteiger partial charge on any atom is 2.00 e. The molecule has 2 aromatic carbocycles. The van der Waals surface area contributed by atoms with Gasteiger partial charge in [-0.2, -0.15) is 0 Å². The molecule has 0 aliphatic heterocycles.